The molecule has 0 aliphatic rings. The highest BCUT2D eigenvalue weighted by molar-refractivity contribution is 6.06. The second-order valence-electron chi connectivity index (χ2n) is 6.22. The van der Waals surface area contributed by atoms with Crippen LogP contribution in [0.25, 0.3) is 10.9 Å². The van der Waals surface area contributed by atoms with Gasteiger partial charge in [0.15, 0.2) is 0 Å². The predicted octanol–water partition coefficient (Wildman–Crippen LogP) is 5.47. The van der Waals surface area contributed by atoms with Gasteiger partial charge in [0.25, 0.3) is 0 Å². The molecule has 1 aromatic heterocycles. The molecule has 0 aliphatic heterocycles. The first kappa shape index (κ1) is 16.8. The van der Waals surface area contributed by atoms with E-state index >= 15 is 0 Å². The minimum Gasteiger partial charge on any atom is -0.305 e. The number of benzene rings is 3. The number of anilines is 2. The van der Waals surface area contributed by atoms with Crippen molar-refractivity contribution in [3.8, 4) is 0 Å². The highest BCUT2D eigenvalue weighted by atomic mass is 16.2. The van der Waals surface area contributed by atoms with E-state index in [0.717, 1.165) is 22.2 Å². The monoisotopic (exact) mass is 353 g/mol. The molecule has 0 atom stereocenters. The van der Waals surface area contributed by atoms with Crippen molar-refractivity contribution in [1.82, 2.24) is 4.98 Å². The van der Waals surface area contributed by atoms with Gasteiger partial charge in [0, 0.05) is 17.3 Å². The summed E-state index contributed by atoms with van der Waals surface area (Å²) in [4.78, 5) is 19.3. The normalized spacial score (nSPS) is 10.5. The molecule has 1 heterocycles. The van der Waals surface area contributed by atoms with Crippen molar-refractivity contribution in [1.29, 1.82) is 0 Å². The number of nitrogens with zero attached hydrogens (tertiary/aromatic N) is 2. The van der Waals surface area contributed by atoms with Crippen molar-refractivity contribution < 1.29 is 4.79 Å². The number of carbonyl (C=O) groups is 1. The number of fused-ring (bicyclic) bond motifs is 1. The van der Waals surface area contributed by atoms with Crippen LogP contribution in [0.15, 0.2) is 97.2 Å². The smallest absolute Gasteiger partial charge is 0.305 e. The molecule has 0 bridgehead atoms. The number of amides is 2. The molecule has 2 amide bonds. The van der Waals surface area contributed by atoms with Crippen LogP contribution in [0.1, 0.15) is 5.56 Å². The maximum atomic E-state index is 13.1. The van der Waals surface area contributed by atoms with Gasteiger partial charge in [-0.1, -0.05) is 66.7 Å². The third-order valence-corrected chi connectivity index (χ3v) is 4.37. The molecule has 3 aromatic carbocycles. The van der Waals surface area contributed by atoms with E-state index < -0.39 is 0 Å². The second kappa shape index (κ2) is 7.70. The molecule has 0 aliphatic carbocycles. The van der Waals surface area contributed by atoms with Gasteiger partial charge in [0.2, 0.25) is 0 Å². The fraction of sp³-hybridized carbons (Fsp3) is 0.0435. The summed E-state index contributed by atoms with van der Waals surface area (Å²) in [6.45, 7) is 0.481. The average molecular weight is 353 g/mol. The highest BCUT2D eigenvalue weighted by Gasteiger charge is 2.17. The standard InChI is InChI=1S/C23H19N3O/c27-23(25-21-15-7-11-19-12-8-16-24-22(19)21)26(20-13-5-2-6-14-20)17-18-9-3-1-4-10-18/h1-16H,17H2,(H,25,27). The number of nitrogens with one attached hydrogen (secondary N) is 1. The van der Waals surface area contributed by atoms with Gasteiger partial charge in [0.1, 0.15) is 0 Å². The fourth-order valence-corrected chi connectivity index (χ4v) is 3.04. The molecule has 4 rings (SSSR count). The summed E-state index contributed by atoms with van der Waals surface area (Å²) in [5, 5.41) is 4.02. The Hall–Kier alpha value is -3.66. The second-order valence-corrected chi connectivity index (χ2v) is 6.22. The van der Waals surface area contributed by atoms with Crippen LogP contribution in [-0.2, 0) is 6.54 Å². The van der Waals surface area contributed by atoms with Crippen LogP contribution in [0.2, 0.25) is 0 Å². The molecule has 0 unspecified atom stereocenters. The first-order valence-electron chi connectivity index (χ1n) is 8.82. The summed E-state index contributed by atoms with van der Waals surface area (Å²) in [6.07, 6.45) is 1.73. The van der Waals surface area contributed by atoms with E-state index in [1.807, 2.05) is 91.0 Å². The molecule has 0 saturated heterocycles. The maximum absolute atomic E-state index is 13.1. The third kappa shape index (κ3) is 3.80. The SMILES string of the molecule is O=C(Nc1cccc2cccnc12)N(Cc1ccccc1)c1ccccc1. The van der Waals surface area contributed by atoms with Gasteiger partial charge in [-0.25, -0.2) is 4.79 Å². The van der Waals surface area contributed by atoms with E-state index in [1.165, 1.54) is 0 Å². The summed E-state index contributed by atoms with van der Waals surface area (Å²) >= 11 is 0. The lowest BCUT2D eigenvalue weighted by molar-refractivity contribution is 0.256. The van der Waals surface area contributed by atoms with Crippen molar-refractivity contribution in [3.63, 3.8) is 0 Å². The van der Waals surface area contributed by atoms with Gasteiger partial charge in [-0.2, -0.15) is 0 Å². The van der Waals surface area contributed by atoms with Crippen molar-refractivity contribution in [2.45, 2.75) is 6.54 Å². The third-order valence-electron chi connectivity index (χ3n) is 4.37. The maximum Gasteiger partial charge on any atom is 0.326 e. The Bertz CT molecular complexity index is 1040. The van der Waals surface area contributed by atoms with Gasteiger partial charge >= 0.3 is 6.03 Å². The molecule has 0 radical (unpaired) electrons. The first-order valence-corrected chi connectivity index (χ1v) is 8.82. The number of rotatable bonds is 4. The van der Waals surface area contributed by atoms with Gasteiger partial charge in [-0.05, 0) is 29.8 Å². The molecule has 0 saturated carbocycles. The van der Waals surface area contributed by atoms with Crippen LogP contribution < -0.4 is 10.2 Å². The molecule has 4 heteroatoms. The Balaban J connectivity index is 1.66. The lowest BCUT2D eigenvalue weighted by atomic mass is 10.2. The molecular formula is C23H19N3O. The molecule has 1 N–H and O–H groups in total. The van der Waals surface area contributed by atoms with E-state index in [-0.39, 0.29) is 6.03 Å². The van der Waals surface area contributed by atoms with Crippen molar-refractivity contribution in [3.05, 3.63) is 103 Å². The van der Waals surface area contributed by atoms with E-state index in [4.69, 9.17) is 0 Å². The van der Waals surface area contributed by atoms with Crippen molar-refractivity contribution in [2.75, 3.05) is 10.2 Å². The zero-order valence-corrected chi connectivity index (χ0v) is 14.7. The van der Waals surface area contributed by atoms with Gasteiger partial charge in [-0.15, -0.1) is 0 Å². The Morgan fingerprint density at radius 2 is 1.52 bits per heavy atom. The quantitative estimate of drug-likeness (QED) is 0.528. The number of urea groups is 1. The summed E-state index contributed by atoms with van der Waals surface area (Å²) in [5.74, 6) is 0. The van der Waals surface area contributed by atoms with Crippen LogP contribution in [0.3, 0.4) is 0 Å². The Labute approximate surface area is 158 Å². The molecular weight excluding hydrogens is 334 g/mol. The number of carbonyl (C=O) groups excluding carboxylic acids is 1. The van der Waals surface area contributed by atoms with E-state index in [9.17, 15) is 4.79 Å². The molecule has 27 heavy (non-hydrogen) atoms. The first-order chi connectivity index (χ1) is 13.3. The Kier molecular flexibility index (Phi) is 4.79. The zero-order chi connectivity index (χ0) is 18.5. The van der Waals surface area contributed by atoms with Crippen LogP contribution in [0.4, 0.5) is 16.2 Å². The predicted molar refractivity (Wildman–Crippen MR) is 110 cm³/mol. The van der Waals surface area contributed by atoms with Crippen LogP contribution in [0.5, 0.6) is 0 Å². The lowest BCUT2D eigenvalue weighted by Crippen LogP contribution is -2.34. The highest BCUT2D eigenvalue weighted by Crippen LogP contribution is 2.23. The topological polar surface area (TPSA) is 45.2 Å². The van der Waals surface area contributed by atoms with Crippen LogP contribution in [0, 0.1) is 0 Å². The number of pyridine rings is 1. The van der Waals surface area contributed by atoms with Gasteiger partial charge in [-0.3, -0.25) is 9.88 Å². The van der Waals surface area contributed by atoms with E-state index in [0.29, 0.717) is 12.2 Å². The van der Waals surface area contributed by atoms with E-state index in [2.05, 4.69) is 10.3 Å². The molecule has 4 nitrogen and oxygen atoms in total. The number of hydrogen-bond donors (Lipinski definition) is 1. The number of hydrogen-bond acceptors (Lipinski definition) is 2. The number of para-hydroxylation sites is 2. The zero-order valence-electron chi connectivity index (χ0n) is 14.7. The average Bonchev–Trinajstić information content (AvgIpc) is 2.73. The van der Waals surface area contributed by atoms with Gasteiger partial charge < -0.3 is 5.32 Å². The lowest BCUT2D eigenvalue weighted by Gasteiger charge is -2.23. The molecule has 0 fully saturated rings. The Morgan fingerprint density at radius 3 is 2.30 bits per heavy atom. The minimum atomic E-state index is -0.191. The molecule has 132 valence electrons. The van der Waals surface area contributed by atoms with Crippen LogP contribution in [-0.4, -0.2) is 11.0 Å². The van der Waals surface area contributed by atoms with Crippen molar-refractivity contribution in [2.24, 2.45) is 0 Å². The number of aromatic nitrogens is 1. The molecule has 4 aromatic rings. The largest absolute Gasteiger partial charge is 0.326 e. The summed E-state index contributed by atoms with van der Waals surface area (Å²) in [5.41, 5.74) is 3.38. The molecule has 0 spiro atoms. The summed E-state index contributed by atoms with van der Waals surface area (Å²) in [6, 6.07) is 29.1. The minimum absolute atomic E-state index is 0.191. The van der Waals surface area contributed by atoms with Crippen molar-refractivity contribution >= 4 is 28.3 Å². The van der Waals surface area contributed by atoms with Crippen LogP contribution >= 0.6 is 0 Å². The fourth-order valence-electron chi connectivity index (χ4n) is 3.04. The van der Waals surface area contributed by atoms with E-state index in [1.54, 1.807) is 11.1 Å². The summed E-state index contributed by atoms with van der Waals surface area (Å²) < 4.78 is 0. The summed E-state index contributed by atoms with van der Waals surface area (Å²) in [7, 11) is 0. The Morgan fingerprint density at radius 1 is 0.815 bits per heavy atom. The van der Waals surface area contributed by atoms with Gasteiger partial charge in [0.05, 0.1) is 17.7 Å².